The third-order valence-electron chi connectivity index (χ3n) is 3.81. The molecule has 0 amide bonds. The summed E-state index contributed by atoms with van der Waals surface area (Å²) in [6.45, 7) is 1.95. The van der Waals surface area contributed by atoms with Gasteiger partial charge in [0.15, 0.2) is 0 Å². The summed E-state index contributed by atoms with van der Waals surface area (Å²) in [5.41, 5.74) is 0.864. The largest absolute Gasteiger partial charge is 0.392 e. The summed E-state index contributed by atoms with van der Waals surface area (Å²) in [5.74, 6) is -0.488. The van der Waals surface area contributed by atoms with Crippen molar-refractivity contribution in [3.63, 3.8) is 0 Å². The third-order valence-corrected chi connectivity index (χ3v) is 3.81. The highest BCUT2D eigenvalue weighted by Gasteiger charge is 2.24. The van der Waals surface area contributed by atoms with Crippen molar-refractivity contribution in [2.45, 2.75) is 50.8 Å². The van der Waals surface area contributed by atoms with Crippen LogP contribution in [0.2, 0.25) is 0 Å². The molecule has 0 saturated heterocycles. The second-order valence-corrected chi connectivity index (χ2v) is 5.20. The lowest BCUT2D eigenvalue weighted by molar-refractivity contribution is 0.0859. The number of rotatable bonds is 3. The number of halogens is 1. The number of aliphatic hydroxyl groups is 1. The Morgan fingerprint density at radius 2 is 2.16 bits per heavy atom. The summed E-state index contributed by atoms with van der Waals surface area (Å²) in [6, 6.07) is 6.50. The van der Waals surface area contributed by atoms with Crippen LogP contribution in [-0.4, -0.2) is 17.3 Å². The number of nitrogens with zero attached hydrogens (tertiary/aromatic N) is 1. The van der Waals surface area contributed by atoms with E-state index in [1.165, 1.54) is 12.1 Å². The van der Waals surface area contributed by atoms with E-state index in [0.29, 0.717) is 0 Å². The van der Waals surface area contributed by atoms with Crippen LogP contribution in [0, 0.1) is 17.1 Å². The third kappa shape index (κ3) is 3.31. The summed E-state index contributed by atoms with van der Waals surface area (Å²) < 4.78 is 13.6. The van der Waals surface area contributed by atoms with E-state index >= 15 is 0 Å². The SMILES string of the molecule is CC(NC1CCCCC1O)c1ccc(C#N)c(F)c1. The quantitative estimate of drug-likeness (QED) is 0.880. The molecule has 0 aliphatic heterocycles. The number of nitrogens with one attached hydrogen (secondary N) is 1. The van der Waals surface area contributed by atoms with Crippen LogP contribution in [0.1, 0.15) is 49.8 Å². The van der Waals surface area contributed by atoms with E-state index in [1.54, 1.807) is 6.07 Å². The summed E-state index contributed by atoms with van der Waals surface area (Å²) in [6.07, 6.45) is 3.64. The summed E-state index contributed by atoms with van der Waals surface area (Å²) in [4.78, 5) is 0. The maximum Gasteiger partial charge on any atom is 0.141 e. The molecular weight excluding hydrogens is 243 g/mol. The summed E-state index contributed by atoms with van der Waals surface area (Å²) >= 11 is 0. The van der Waals surface area contributed by atoms with E-state index in [0.717, 1.165) is 31.2 Å². The zero-order chi connectivity index (χ0) is 13.8. The van der Waals surface area contributed by atoms with E-state index in [4.69, 9.17) is 5.26 Å². The Labute approximate surface area is 113 Å². The second kappa shape index (κ2) is 6.14. The van der Waals surface area contributed by atoms with Gasteiger partial charge in [0.25, 0.3) is 0 Å². The molecule has 3 unspecified atom stereocenters. The molecule has 102 valence electrons. The fourth-order valence-electron chi connectivity index (χ4n) is 2.61. The van der Waals surface area contributed by atoms with E-state index in [-0.39, 0.29) is 23.8 Å². The van der Waals surface area contributed by atoms with Crippen LogP contribution < -0.4 is 5.32 Å². The minimum absolute atomic E-state index is 0.0417. The maximum atomic E-state index is 13.6. The van der Waals surface area contributed by atoms with Crippen molar-refractivity contribution >= 4 is 0 Å². The molecule has 4 heteroatoms. The highest BCUT2D eigenvalue weighted by molar-refractivity contribution is 5.34. The standard InChI is InChI=1S/C15H19FN2O/c1-10(18-14-4-2-3-5-15(14)19)11-6-7-12(9-17)13(16)8-11/h6-8,10,14-15,18-19H,2-5H2,1H3. The van der Waals surface area contributed by atoms with Crippen molar-refractivity contribution in [3.05, 3.63) is 35.1 Å². The number of aliphatic hydroxyl groups excluding tert-OH is 1. The lowest BCUT2D eigenvalue weighted by Crippen LogP contribution is -2.43. The first kappa shape index (κ1) is 14.0. The monoisotopic (exact) mass is 262 g/mol. The number of nitriles is 1. The first-order chi connectivity index (χ1) is 9.11. The number of hydrogen-bond acceptors (Lipinski definition) is 3. The molecule has 1 fully saturated rings. The smallest absolute Gasteiger partial charge is 0.141 e. The molecule has 19 heavy (non-hydrogen) atoms. The van der Waals surface area contributed by atoms with Gasteiger partial charge in [-0.3, -0.25) is 0 Å². The molecule has 0 radical (unpaired) electrons. The van der Waals surface area contributed by atoms with Crippen molar-refractivity contribution in [1.29, 1.82) is 5.26 Å². The molecule has 1 saturated carbocycles. The number of benzene rings is 1. The van der Waals surface area contributed by atoms with Gasteiger partial charge in [0.1, 0.15) is 11.9 Å². The highest BCUT2D eigenvalue weighted by atomic mass is 19.1. The topological polar surface area (TPSA) is 56.0 Å². The van der Waals surface area contributed by atoms with Gasteiger partial charge < -0.3 is 10.4 Å². The van der Waals surface area contributed by atoms with Crippen molar-refractivity contribution < 1.29 is 9.50 Å². The molecule has 1 aromatic carbocycles. The molecule has 0 heterocycles. The van der Waals surface area contributed by atoms with Crippen LogP contribution in [0.15, 0.2) is 18.2 Å². The van der Waals surface area contributed by atoms with Crippen LogP contribution in [-0.2, 0) is 0 Å². The Balaban J connectivity index is 2.05. The van der Waals surface area contributed by atoms with Crippen LogP contribution >= 0.6 is 0 Å². The van der Waals surface area contributed by atoms with Gasteiger partial charge in [-0.1, -0.05) is 18.9 Å². The fourth-order valence-corrected chi connectivity index (χ4v) is 2.61. The minimum atomic E-state index is -0.488. The van der Waals surface area contributed by atoms with E-state index in [2.05, 4.69) is 5.32 Å². The van der Waals surface area contributed by atoms with Gasteiger partial charge in [0.05, 0.1) is 11.7 Å². The van der Waals surface area contributed by atoms with E-state index in [9.17, 15) is 9.50 Å². The van der Waals surface area contributed by atoms with Gasteiger partial charge in [-0.05, 0) is 37.5 Å². The van der Waals surface area contributed by atoms with Gasteiger partial charge in [0.2, 0.25) is 0 Å². The fraction of sp³-hybridized carbons (Fsp3) is 0.533. The van der Waals surface area contributed by atoms with Crippen molar-refractivity contribution in [3.8, 4) is 6.07 Å². The average Bonchev–Trinajstić information content (AvgIpc) is 2.41. The molecule has 3 nitrogen and oxygen atoms in total. The normalized spacial score (nSPS) is 24.7. The van der Waals surface area contributed by atoms with Gasteiger partial charge in [0, 0.05) is 12.1 Å². The minimum Gasteiger partial charge on any atom is -0.392 e. The first-order valence-electron chi connectivity index (χ1n) is 6.75. The number of hydrogen-bond donors (Lipinski definition) is 2. The van der Waals surface area contributed by atoms with Crippen molar-refractivity contribution in [2.75, 3.05) is 0 Å². The Kier molecular flexibility index (Phi) is 4.52. The lowest BCUT2D eigenvalue weighted by atomic mass is 9.91. The van der Waals surface area contributed by atoms with Crippen LogP contribution in [0.4, 0.5) is 4.39 Å². The molecule has 2 rings (SSSR count). The molecular formula is C15H19FN2O. The molecule has 1 aliphatic carbocycles. The van der Waals surface area contributed by atoms with Crippen LogP contribution in [0.5, 0.6) is 0 Å². The van der Waals surface area contributed by atoms with Gasteiger partial charge in [-0.15, -0.1) is 0 Å². The average molecular weight is 262 g/mol. The molecule has 1 aliphatic rings. The Bertz CT molecular complexity index is 484. The summed E-state index contributed by atoms with van der Waals surface area (Å²) in [7, 11) is 0. The first-order valence-corrected chi connectivity index (χ1v) is 6.75. The molecule has 0 spiro atoms. The second-order valence-electron chi connectivity index (χ2n) is 5.20. The Morgan fingerprint density at radius 3 is 2.79 bits per heavy atom. The Hall–Kier alpha value is -1.44. The van der Waals surface area contributed by atoms with Gasteiger partial charge in [-0.25, -0.2) is 4.39 Å². The molecule has 0 bridgehead atoms. The van der Waals surface area contributed by atoms with Gasteiger partial charge >= 0.3 is 0 Å². The lowest BCUT2D eigenvalue weighted by Gasteiger charge is -2.31. The zero-order valence-electron chi connectivity index (χ0n) is 11.1. The predicted octanol–water partition coefficient (Wildman–Crippen LogP) is 2.65. The van der Waals surface area contributed by atoms with E-state index in [1.807, 2.05) is 13.0 Å². The predicted molar refractivity (Wildman–Crippen MR) is 70.9 cm³/mol. The molecule has 3 atom stereocenters. The highest BCUT2D eigenvalue weighted by Crippen LogP contribution is 2.23. The summed E-state index contributed by atoms with van der Waals surface area (Å²) in [5, 5.41) is 22.0. The van der Waals surface area contributed by atoms with E-state index < -0.39 is 5.82 Å². The molecule has 1 aromatic rings. The Morgan fingerprint density at radius 1 is 1.42 bits per heavy atom. The van der Waals surface area contributed by atoms with Crippen molar-refractivity contribution in [2.24, 2.45) is 0 Å². The molecule has 2 N–H and O–H groups in total. The van der Waals surface area contributed by atoms with Crippen LogP contribution in [0.3, 0.4) is 0 Å². The van der Waals surface area contributed by atoms with Crippen molar-refractivity contribution in [1.82, 2.24) is 5.32 Å². The van der Waals surface area contributed by atoms with Crippen LogP contribution in [0.25, 0.3) is 0 Å². The molecule has 0 aromatic heterocycles. The maximum absolute atomic E-state index is 13.6. The van der Waals surface area contributed by atoms with Gasteiger partial charge in [-0.2, -0.15) is 5.26 Å². The zero-order valence-corrected chi connectivity index (χ0v) is 11.1.